The first kappa shape index (κ1) is 17.8. The van der Waals surface area contributed by atoms with Gasteiger partial charge in [-0.05, 0) is 37.8 Å². The molecule has 120 valence electrons. The number of phenols is 1. The van der Waals surface area contributed by atoms with Crippen LogP contribution in [-0.4, -0.2) is 25.3 Å². The van der Waals surface area contributed by atoms with Crippen molar-refractivity contribution in [2.45, 2.75) is 33.1 Å². The van der Waals surface area contributed by atoms with Crippen molar-refractivity contribution < 1.29 is 19.4 Å². The summed E-state index contributed by atoms with van der Waals surface area (Å²) in [4.78, 5) is 12.0. The lowest BCUT2D eigenvalue weighted by molar-refractivity contribution is 0.0597. The summed E-state index contributed by atoms with van der Waals surface area (Å²) in [6, 6.07) is 1.76. The second-order valence-corrected chi connectivity index (χ2v) is 5.13. The minimum absolute atomic E-state index is 0.0804. The monoisotopic (exact) mass is 304 g/mol. The third-order valence-corrected chi connectivity index (χ3v) is 3.34. The van der Waals surface area contributed by atoms with Gasteiger partial charge in [0, 0.05) is 5.56 Å². The van der Waals surface area contributed by atoms with Crippen molar-refractivity contribution in [2.75, 3.05) is 14.2 Å². The molecule has 0 bridgehead atoms. The van der Waals surface area contributed by atoms with Crippen LogP contribution in [0, 0.1) is 0 Å². The highest BCUT2D eigenvalue weighted by molar-refractivity contribution is 5.97. The van der Waals surface area contributed by atoms with E-state index in [0.29, 0.717) is 29.7 Å². The zero-order chi connectivity index (χ0) is 16.7. The molecular formula is C18H24O4. The van der Waals surface area contributed by atoms with Crippen molar-refractivity contribution in [3.63, 3.8) is 0 Å². The molecule has 4 heteroatoms. The smallest absolute Gasteiger partial charge is 0.342 e. The van der Waals surface area contributed by atoms with Crippen molar-refractivity contribution in [3.05, 3.63) is 41.0 Å². The number of hydrogen-bond donors (Lipinski definition) is 1. The van der Waals surface area contributed by atoms with Crippen LogP contribution in [0.4, 0.5) is 0 Å². The van der Waals surface area contributed by atoms with Crippen LogP contribution in [0.3, 0.4) is 0 Å². The quantitative estimate of drug-likeness (QED) is 0.608. The predicted octanol–water partition coefficient (Wildman–Crippen LogP) is 4.12. The van der Waals surface area contributed by atoms with E-state index in [4.69, 9.17) is 9.47 Å². The van der Waals surface area contributed by atoms with Gasteiger partial charge < -0.3 is 14.6 Å². The van der Waals surface area contributed by atoms with Gasteiger partial charge in [-0.2, -0.15) is 0 Å². The minimum Gasteiger partial charge on any atom is -0.507 e. The number of allylic oxidation sites excluding steroid dienone is 2. The van der Waals surface area contributed by atoms with Gasteiger partial charge in [0.05, 0.1) is 14.2 Å². The Labute approximate surface area is 132 Å². The Morgan fingerprint density at radius 2 is 2.09 bits per heavy atom. The lowest BCUT2D eigenvalue weighted by Gasteiger charge is -2.16. The van der Waals surface area contributed by atoms with Crippen LogP contribution >= 0.6 is 0 Å². The van der Waals surface area contributed by atoms with E-state index in [-0.39, 0.29) is 11.3 Å². The summed E-state index contributed by atoms with van der Waals surface area (Å²) in [5.41, 5.74) is 2.35. The number of rotatable bonds is 7. The summed E-state index contributed by atoms with van der Waals surface area (Å²) in [5, 5.41) is 10.6. The molecule has 0 aliphatic carbocycles. The molecule has 0 aliphatic rings. The molecule has 0 aliphatic heterocycles. The molecular weight excluding hydrogens is 280 g/mol. The fourth-order valence-corrected chi connectivity index (χ4v) is 2.16. The van der Waals surface area contributed by atoms with Gasteiger partial charge in [0.1, 0.15) is 17.1 Å². The van der Waals surface area contributed by atoms with Crippen LogP contribution in [-0.2, 0) is 11.2 Å². The summed E-state index contributed by atoms with van der Waals surface area (Å²) in [6.07, 6.45) is 5.77. The Morgan fingerprint density at radius 1 is 1.41 bits per heavy atom. The van der Waals surface area contributed by atoms with Crippen molar-refractivity contribution in [3.8, 4) is 11.5 Å². The third kappa shape index (κ3) is 4.13. The summed E-state index contributed by atoms with van der Waals surface area (Å²) in [7, 11) is 2.84. The van der Waals surface area contributed by atoms with Crippen LogP contribution < -0.4 is 4.74 Å². The molecule has 0 saturated carbocycles. The second-order valence-electron chi connectivity index (χ2n) is 5.13. The average molecular weight is 304 g/mol. The van der Waals surface area contributed by atoms with Crippen molar-refractivity contribution >= 4 is 12.0 Å². The molecule has 1 aromatic rings. The van der Waals surface area contributed by atoms with Crippen LogP contribution in [0.1, 0.15) is 48.2 Å². The van der Waals surface area contributed by atoms with Crippen LogP contribution in [0.25, 0.3) is 6.08 Å². The highest BCUT2D eigenvalue weighted by Crippen LogP contribution is 2.36. The van der Waals surface area contributed by atoms with Gasteiger partial charge in [-0.3, -0.25) is 0 Å². The number of phenolic OH excluding ortho intramolecular Hbond substituents is 1. The molecule has 0 amide bonds. The van der Waals surface area contributed by atoms with Crippen LogP contribution in [0.2, 0.25) is 0 Å². The standard InChI is InChI=1S/C18H24O4/c1-6-7-8-13-11-15(21-4)14(10-9-12(2)3)17(19)16(13)18(20)22-5/h7-8,11,19H,2,6,9-10H2,1,3-5H3. The maximum atomic E-state index is 12.0. The Morgan fingerprint density at radius 3 is 2.59 bits per heavy atom. The molecule has 0 radical (unpaired) electrons. The van der Waals surface area contributed by atoms with Crippen molar-refractivity contribution in [2.24, 2.45) is 0 Å². The number of esters is 1. The molecule has 0 aromatic heterocycles. The lowest BCUT2D eigenvalue weighted by atomic mass is 9.96. The average Bonchev–Trinajstić information content (AvgIpc) is 2.50. The number of ether oxygens (including phenoxy) is 2. The fourth-order valence-electron chi connectivity index (χ4n) is 2.16. The number of methoxy groups -OCH3 is 2. The van der Waals surface area contributed by atoms with Crippen LogP contribution in [0.15, 0.2) is 24.3 Å². The van der Waals surface area contributed by atoms with E-state index < -0.39 is 5.97 Å². The first-order valence-corrected chi connectivity index (χ1v) is 7.28. The molecule has 0 heterocycles. The summed E-state index contributed by atoms with van der Waals surface area (Å²) in [6.45, 7) is 7.77. The third-order valence-electron chi connectivity index (χ3n) is 3.34. The fraction of sp³-hybridized carbons (Fsp3) is 0.389. The number of hydrogen-bond acceptors (Lipinski definition) is 4. The van der Waals surface area contributed by atoms with E-state index in [1.54, 1.807) is 19.3 Å². The molecule has 0 fully saturated rings. The van der Waals surface area contributed by atoms with Gasteiger partial charge in [0.25, 0.3) is 0 Å². The van der Waals surface area contributed by atoms with E-state index in [9.17, 15) is 9.90 Å². The SMILES string of the molecule is C=C(C)CCc1c(OC)cc(C=CCC)c(C(=O)OC)c1O. The zero-order valence-corrected chi connectivity index (χ0v) is 13.7. The lowest BCUT2D eigenvalue weighted by Crippen LogP contribution is -2.07. The van der Waals surface area contributed by atoms with Gasteiger partial charge in [0.2, 0.25) is 0 Å². The molecule has 22 heavy (non-hydrogen) atoms. The second kappa shape index (κ2) is 8.27. The minimum atomic E-state index is -0.563. The normalized spacial score (nSPS) is 10.7. The van der Waals surface area contributed by atoms with E-state index in [0.717, 1.165) is 12.0 Å². The Bertz CT molecular complexity index is 585. The van der Waals surface area contributed by atoms with E-state index >= 15 is 0 Å². The van der Waals surface area contributed by atoms with Gasteiger partial charge in [-0.25, -0.2) is 4.79 Å². The topological polar surface area (TPSA) is 55.8 Å². The summed E-state index contributed by atoms with van der Waals surface area (Å²) in [5.74, 6) is -0.0853. The summed E-state index contributed by atoms with van der Waals surface area (Å²) < 4.78 is 10.2. The van der Waals surface area contributed by atoms with Crippen molar-refractivity contribution in [1.29, 1.82) is 0 Å². The van der Waals surface area contributed by atoms with E-state index in [1.165, 1.54) is 7.11 Å². The van der Waals surface area contributed by atoms with Gasteiger partial charge in [-0.15, -0.1) is 6.58 Å². The maximum absolute atomic E-state index is 12.0. The zero-order valence-electron chi connectivity index (χ0n) is 13.7. The molecule has 0 saturated heterocycles. The number of benzene rings is 1. The molecule has 0 atom stereocenters. The highest BCUT2D eigenvalue weighted by Gasteiger charge is 2.22. The largest absolute Gasteiger partial charge is 0.507 e. The van der Waals surface area contributed by atoms with E-state index in [1.807, 2.05) is 19.9 Å². The highest BCUT2D eigenvalue weighted by atomic mass is 16.5. The molecule has 1 N–H and O–H groups in total. The Balaban J connectivity index is 3.48. The van der Waals surface area contributed by atoms with Gasteiger partial charge in [0.15, 0.2) is 0 Å². The molecule has 1 aromatic carbocycles. The predicted molar refractivity (Wildman–Crippen MR) is 88.5 cm³/mol. The molecule has 0 unspecified atom stereocenters. The first-order valence-electron chi connectivity index (χ1n) is 7.28. The Hall–Kier alpha value is -2.23. The number of carbonyl (C=O) groups is 1. The van der Waals surface area contributed by atoms with Crippen LogP contribution in [0.5, 0.6) is 11.5 Å². The van der Waals surface area contributed by atoms with Gasteiger partial charge >= 0.3 is 5.97 Å². The molecule has 1 rings (SSSR count). The maximum Gasteiger partial charge on any atom is 0.342 e. The number of carbonyl (C=O) groups excluding carboxylic acids is 1. The molecule has 0 spiro atoms. The van der Waals surface area contributed by atoms with Crippen molar-refractivity contribution in [1.82, 2.24) is 0 Å². The van der Waals surface area contributed by atoms with E-state index in [2.05, 4.69) is 6.58 Å². The molecule has 4 nitrogen and oxygen atoms in total. The van der Waals surface area contributed by atoms with Gasteiger partial charge in [-0.1, -0.05) is 24.6 Å². The first-order chi connectivity index (χ1) is 10.5. The summed E-state index contributed by atoms with van der Waals surface area (Å²) >= 11 is 0. The number of aromatic hydroxyl groups is 1. The Kier molecular flexibility index (Phi) is 6.70.